The van der Waals surface area contributed by atoms with E-state index in [1.807, 2.05) is 7.05 Å². The average Bonchev–Trinajstić information content (AvgIpc) is 2.34. The molecule has 0 saturated heterocycles. The summed E-state index contributed by atoms with van der Waals surface area (Å²) < 4.78 is 0. The van der Waals surface area contributed by atoms with Gasteiger partial charge in [-0.1, -0.05) is 13.8 Å². The zero-order valence-corrected chi connectivity index (χ0v) is 10.8. The van der Waals surface area contributed by atoms with Crippen LogP contribution in [0.4, 0.5) is 11.6 Å². The predicted molar refractivity (Wildman–Crippen MR) is 70.2 cm³/mol. The second kappa shape index (κ2) is 6.39. The Kier molecular flexibility index (Phi) is 5.15. The quantitative estimate of drug-likeness (QED) is 0.675. The van der Waals surface area contributed by atoms with Gasteiger partial charge in [0.05, 0.1) is 12.4 Å². The normalized spacial score (nSPS) is 11.3. The fraction of sp³-hybridized carbons (Fsp3) is 0.667. The molecule has 5 nitrogen and oxygen atoms in total. The fourth-order valence-electron chi connectivity index (χ4n) is 1.55. The minimum absolute atomic E-state index is 0.139. The van der Waals surface area contributed by atoms with Gasteiger partial charge in [-0.05, 0) is 18.3 Å². The minimum atomic E-state index is 0.139. The van der Waals surface area contributed by atoms with E-state index in [4.69, 9.17) is 5.11 Å². The smallest absolute Gasteiger partial charge is 0.146 e. The number of nitrogens with zero attached hydrogens (tertiary/aromatic N) is 2. The Balaban J connectivity index is 2.48. The van der Waals surface area contributed by atoms with Crippen LogP contribution < -0.4 is 10.6 Å². The van der Waals surface area contributed by atoms with Crippen molar-refractivity contribution in [2.45, 2.75) is 26.7 Å². The molecular formula is C12H22N4O. The molecular weight excluding hydrogens is 216 g/mol. The van der Waals surface area contributed by atoms with E-state index >= 15 is 0 Å². The van der Waals surface area contributed by atoms with Gasteiger partial charge in [0.2, 0.25) is 0 Å². The van der Waals surface area contributed by atoms with Crippen molar-refractivity contribution in [3.63, 3.8) is 0 Å². The molecule has 96 valence electrons. The molecule has 5 heteroatoms. The molecule has 0 bridgehead atoms. The molecule has 0 saturated carbocycles. The van der Waals surface area contributed by atoms with E-state index in [1.165, 1.54) is 0 Å². The van der Waals surface area contributed by atoms with Crippen LogP contribution in [-0.2, 0) is 0 Å². The van der Waals surface area contributed by atoms with E-state index in [1.54, 1.807) is 12.4 Å². The van der Waals surface area contributed by atoms with Crippen LogP contribution in [0, 0.1) is 5.41 Å². The molecule has 0 aliphatic heterocycles. The molecule has 0 radical (unpaired) electrons. The molecule has 0 unspecified atom stereocenters. The zero-order chi connectivity index (χ0) is 12.7. The summed E-state index contributed by atoms with van der Waals surface area (Å²) in [6.45, 7) is 5.41. The number of hydrogen-bond acceptors (Lipinski definition) is 5. The maximum atomic E-state index is 8.83. The van der Waals surface area contributed by atoms with E-state index < -0.39 is 0 Å². The number of rotatable bonds is 7. The van der Waals surface area contributed by atoms with Crippen molar-refractivity contribution in [3.8, 4) is 0 Å². The molecule has 0 aromatic carbocycles. The van der Waals surface area contributed by atoms with Crippen LogP contribution in [0.2, 0.25) is 0 Å². The monoisotopic (exact) mass is 238 g/mol. The summed E-state index contributed by atoms with van der Waals surface area (Å²) in [6.07, 6.45) is 5.21. The Morgan fingerprint density at radius 1 is 1.29 bits per heavy atom. The maximum Gasteiger partial charge on any atom is 0.146 e. The predicted octanol–water partition coefficient (Wildman–Crippen LogP) is 1.73. The topological polar surface area (TPSA) is 70.1 Å². The van der Waals surface area contributed by atoms with Gasteiger partial charge in [-0.3, -0.25) is 4.98 Å². The first-order valence-corrected chi connectivity index (χ1v) is 5.92. The molecule has 0 aliphatic rings. The fourth-order valence-corrected chi connectivity index (χ4v) is 1.55. The van der Waals surface area contributed by atoms with Crippen molar-refractivity contribution in [2.24, 2.45) is 5.41 Å². The Labute approximate surface area is 103 Å². The maximum absolute atomic E-state index is 8.83. The van der Waals surface area contributed by atoms with E-state index in [-0.39, 0.29) is 12.0 Å². The van der Waals surface area contributed by atoms with Crippen molar-refractivity contribution in [2.75, 3.05) is 30.8 Å². The lowest BCUT2D eigenvalue weighted by Crippen LogP contribution is -2.24. The first kappa shape index (κ1) is 13.7. The van der Waals surface area contributed by atoms with Crippen LogP contribution in [-0.4, -0.2) is 35.3 Å². The van der Waals surface area contributed by atoms with Gasteiger partial charge < -0.3 is 15.7 Å². The van der Waals surface area contributed by atoms with E-state index in [2.05, 4.69) is 34.4 Å². The number of nitrogens with one attached hydrogen (secondary N) is 2. The molecule has 17 heavy (non-hydrogen) atoms. The molecule has 3 N–H and O–H groups in total. The second-order valence-corrected chi connectivity index (χ2v) is 4.88. The lowest BCUT2D eigenvalue weighted by molar-refractivity contribution is 0.248. The zero-order valence-electron chi connectivity index (χ0n) is 10.8. The third-order valence-electron chi connectivity index (χ3n) is 2.65. The summed E-state index contributed by atoms with van der Waals surface area (Å²) in [7, 11) is 1.82. The molecule has 1 heterocycles. The summed E-state index contributed by atoms with van der Waals surface area (Å²) in [5, 5.41) is 15.1. The Bertz CT molecular complexity index is 341. The summed E-state index contributed by atoms with van der Waals surface area (Å²) in [6, 6.07) is 0. The van der Waals surface area contributed by atoms with Gasteiger partial charge >= 0.3 is 0 Å². The van der Waals surface area contributed by atoms with Crippen molar-refractivity contribution >= 4 is 11.6 Å². The van der Waals surface area contributed by atoms with Crippen molar-refractivity contribution in [1.29, 1.82) is 0 Å². The molecule has 0 aliphatic carbocycles. The number of anilines is 2. The van der Waals surface area contributed by atoms with Crippen LogP contribution >= 0.6 is 0 Å². The van der Waals surface area contributed by atoms with E-state index in [9.17, 15) is 0 Å². The summed E-state index contributed by atoms with van der Waals surface area (Å²) in [5.74, 6) is 1.53. The van der Waals surface area contributed by atoms with Crippen LogP contribution in [0.25, 0.3) is 0 Å². The van der Waals surface area contributed by atoms with Gasteiger partial charge in [0.25, 0.3) is 0 Å². The highest BCUT2D eigenvalue weighted by Gasteiger charge is 2.17. The highest BCUT2D eigenvalue weighted by Crippen LogP contribution is 2.22. The van der Waals surface area contributed by atoms with Crippen LogP contribution in [0.15, 0.2) is 12.4 Å². The van der Waals surface area contributed by atoms with E-state index in [0.717, 1.165) is 31.0 Å². The van der Waals surface area contributed by atoms with Gasteiger partial charge in [-0.15, -0.1) is 0 Å². The molecule has 1 aromatic heterocycles. The first-order chi connectivity index (χ1) is 8.07. The Hall–Kier alpha value is -1.36. The third-order valence-corrected chi connectivity index (χ3v) is 2.65. The molecule has 0 atom stereocenters. The minimum Gasteiger partial charge on any atom is -0.396 e. The number of hydrogen-bond donors (Lipinski definition) is 3. The van der Waals surface area contributed by atoms with Crippen molar-refractivity contribution in [1.82, 2.24) is 9.97 Å². The average molecular weight is 238 g/mol. The Morgan fingerprint density at radius 2 is 2.00 bits per heavy atom. The molecule has 1 aromatic rings. The summed E-state index contributed by atoms with van der Waals surface area (Å²) in [5.41, 5.74) is 0.139. The van der Waals surface area contributed by atoms with Crippen LogP contribution in [0.3, 0.4) is 0 Å². The standard InChI is InChI=1S/C12H22N4O/c1-12(2,5-4-6-17)9-15-11-8-14-7-10(13-3)16-11/h7-8,17H,4-6,9H2,1-3H3,(H2,13,15,16). The van der Waals surface area contributed by atoms with Gasteiger partial charge in [0.1, 0.15) is 11.6 Å². The first-order valence-electron chi connectivity index (χ1n) is 5.92. The summed E-state index contributed by atoms with van der Waals surface area (Å²) >= 11 is 0. The van der Waals surface area contributed by atoms with Crippen molar-refractivity contribution in [3.05, 3.63) is 12.4 Å². The Morgan fingerprint density at radius 3 is 2.65 bits per heavy atom. The van der Waals surface area contributed by atoms with Gasteiger partial charge in [0, 0.05) is 20.2 Å². The van der Waals surface area contributed by atoms with Gasteiger partial charge in [-0.25, -0.2) is 4.98 Å². The van der Waals surface area contributed by atoms with Gasteiger partial charge in [-0.2, -0.15) is 0 Å². The van der Waals surface area contributed by atoms with Crippen LogP contribution in [0.1, 0.15) is 26.7 Å². The highest BCUT2D eigenvalue weighted by molar-refractivity contribution is 5.41. The number of aliphatic hydroxyl groups excluding tert-OH is 1. The molecule has 0 fully saturated rings. The number of aliphatic hydroxyl groups is 1. The highest BCUT2D eigenvalue weighted by atomic mass is 16.2. The lowest BCUT2D eigenvalue weighted by atomic mass is 9.88. The third kappa shape index (κ3) is 4.99. The van der Waals surface area contributed by atoms with Gasteiger partial charge in [0.15, 0.2) is 0 Å². The molecule has 1 rings (SSSR count). The second-order valence-electron chi connectivity index (χ2n) is 4.88. The van der Waals surface area contributed by atoms with Crippen LogP contribution in [0.5, 0.6) is 0 Å². The summed E-state index contributed by atoms with van der Waals surface area (Å²) in [4.78, 5) is 8.43. The largest absolute Gasteiger partial charge is 0.396 e. The van der Waals surface area contributed by atoms with Crippen molar-refractivity contribution < 1.29 is 5.11 Å². The lowest BCUT2D eigenvalue weighted by Gasteiger charge is -2.24. The molecule has 0 spiro atoms. The van der Waals surface area contributed by atoms with E-state index in [0.29, 0.717) is 0 Å². The number of aromatic nitrogens is 2. The SMILES string of the molecule is CNc1cncc(NCC(C)(C)CCCO)n1. The molecule has 0 amide bonds.